The minimum absolute atomic E-state index is 0.0676. The van der Waals surface area contributed by atoms with Crippen LogP contribution in [0.1, 0.15) is 34.1 Å². The normalized spacial score (nSPS) is 10.1. The Morgan fingerprint density at radius 2 is 2.12 bits per heavy atom. The van der Waals surface area contributed by atoms with Gasteiger partial charge < -0.3 is 4.74 Å². The molecule has 0 atom stereocenters. The number of carbonyl (C=O) groups excluding carboxylic acids is 2. The van der Waals surface area contributed by atoms with Crippen LogP contribution in [0, 0.1) is 3.57 Å². The number of hydrogen-bond donors (Lipinski definition) is 0. The van der Waals surface area contributed by atoms with E-state index in [1.807, 2.05) is 22.6 Å². The van der Waals surface area contributed by atoms with Crippen LogP contribution < -0.4 is 0 Å². The molecule has 1 aromatic rings. The summed E-state index contributed by atoms with van der Waals surface area (Å²) in [5.41, 5.74) is 0.919. The first kappa shape index (κ1) is 14.4. The Morgan fingerprint density at radius 1 is 1.41 bits per heavy atom. The van der Waals surface area contributed by atoms with E-state index in [9.17, 15) is 9.59 Å². The monoisotopic (exact) mass is 366 g/mol. The second kappa shape index (κ2) is 6.96. The summed E-state index contributed by atoms with van der Waals surface area (Å²) >= 11 is 7.55. The molecule has 0 aromatic heterocycles. The number of alkyl halides is 1. The van der Waals surface area contributed by atoms with Crippen molar-refractivity contribution >= 4 is 45.9 Å². The predicted octanol–water partition coefficient (Wildman–Crippen LogP) is 3.28. The van der Waals surface area contributed by atoms with E-state index in [2.05, 4.69) is 0 Å². The molecule has 1 rings (SSSR count). The molecule has 3 nitrogen and oxygen atoms in total. The van der Waals surface area contributed by atoms with E-state index in [1.165, 1.54) is 0 Å². The van der Waals surface area contributed by atoms with Gasteiger partial charge in [-0.05, 0) is 41.6 Å². The van der Waals surface area contributed by atoms with Gasteiger partial charge in [-0.2, -0.15) is 0 Å². The van der Waals surface area contributed by atoms with E-state index >= 15 is 0 Å². The van der Waals surface area contributed by atoms with E-state index in [0.717, 1.165) is 3.57 Å². The summed E-state index contributed by atoms with van der Waals surface area (Å²) in [6, 6.07) is 4.99. The van der Waals surface area contributed by atoms with E-state index in [0.29, 0.717) is 17.7 Å². The summed E-state index contributed by atoms with van der Waals surface area (Å²) in [7, 11) is 0. The van der Waals surface area contributed by atoms with Gasteiger partial charge in [0.05, 0.1) is 12.2 Å². The van der Waals surface area contributed by atoms with Crippen LogP contribution in [0.2, 0.25) is 0 Å². The molecule has 0 unspecified atom stereocenters. The molecule has 1 aromatic carbocycles. The van der Waals surface area contributed by atoms with Crippen molar-refractivity contribution in [2.75, 3.05) is 12.5 Å². The number of benzene rings is 1. The Labute approximate surface area is 119 Å². The van der Waals surface area contributed by atoms with Crippen molar-refractivity contribution in [1.82, 2.24) is 0 Å². The Balaban J connectivity index is 3.02. The van der Waals surface area contributed by atoms with Gasteiger partial charge in [0.25, 0.3) is 0 Å². The fourth-order valence-corrected chi connectivity index (χ4v) is 2.02. The number of hydrogen-bond acceptors (Lipinski definition) is 3. The fourth-order valence-electron chi connectivity index (χ4n) is 1.29. The van der Waals surface area contributed by atoms with Crippen molar-refractivity contribution < 1.29 is 14.3 Å². The Kier molecular flexibility index (Phi) is 5.91. The van der Waals surface area contributed by atoms with Crippen molar-refractivity contribution in [3.63, 3.8) is 0 Å². The molecule has 0 saturated heterocycles. The first-order valence-corrected chi connectivity index (χ1v) is 6.77. The van der Waals surface area contributed by atoms with Crippen molar-refractivity contribution in [3.05, 3.63) is 32.9 Å². The van der Waals surface area contributed by atoms with Gasteiger partial charge in [-0.25, -0.2) is 4.79 Å². The van der Waals surface area contributed by atoms with Gasteiger partial charge in [-0.1, -0.05) is 6.07 Å². The highest BCUT2D eigenvalue weighted by molar-refractivity contribution is 14.1. The minimum Gasteiger partial charge on any atom is -0.462 e. The van der Waals surface area contributed by atoms with Crippen molar-refractivity contribution in [2.24, 2.45) is 0 Å². The highest BCUT2D eigenvalue weighted by Crippen LogP contribution is 2.17. The van der Waals surface area contributed by atoms with E-state index in [4.69, 9.17) is 16.3 Å². The van der Waals surface area contributed by atoms with Crippen molar-refractivity contribution in [3.8, 4) is 0 Å². The third-order valence-corrected chi connectivity index (χ3v) is 3.23. The lowest BCUT2D eigenvalue weighted by Crippen LogP contribution is -2.09. The maximum atomic E-state index is 11.6. The average molecular weight is 367 g/mol. The second-order valence-corrected chi connectivity index (χ2v) is 4.82. The molecule has 0 aliphatic rings. The van der Waals surface area contributed by atoms with Crippen LogP contribution in [0.3, 0.4) is 0 Å². The maximum absolute atomic E-state index is 11.6. The smallest absolute Gasteiger partial charge is 0.339 e. The fraction of sp³-hybridized carbons (Fsp3) is 0.333. The van der Waals surface area contributed by atoms with Gasteiger partial charge in [0.2, 0.25) is 0 Å². The number of carbonyl (C=O) groups is 2. The third-order valence-electron chi connectivity index (χ3n) is 2.11. The van der Waals surface area contributed by atoms with Gasteiger partial charge in [0.15, 0.2) is 5.78 Å². The molecule has 0 radical (unpaired) electrons. The SMILES string of the molecule is CCOC(=O)c1cc(C(=O)CCCl)ccc1I. The molecular weight excluding hydrogens is 354 g/mol. The lowest BCUT2D eigenvalue weighted by atomic mass is 10.1. The standard InChI is InChI=1S/C12H12ClIO3/c1-2-17-12(16)9-7-8(3-4-10(9)14)11(15)5-6-13/h3-4,7H,2,5-6H2,1H3. The Hall–Kier alpha value is -0.620. The van der Waals surface area contributed by atoms with Gasteiger partial charge in [0.1, 0.15) is 0 Å². The molecule has 0 heterocycles. The Bertz CT molecular complexity index is 432. The molecule has 0 fully saturated rings. The molecule has 0 aliphatic heterocycles. The average Bonchev–Trinajstić information content (AvgIpc) is 2.30. The number of ether oxygens (including phenoxy) is 1. The lowest BCUT2D eigenvalue weighted by Gasteiger charge is -2.06. The van der Waals surface area contributed by atoms with E-state index < -0.39 is 5.97 Å². The van der Waals surface area contributed by atoms with Crippen LogP contribution in [0.25, 0.3) is 0 Å². The molecule has 0 saturated carbocycles. The zero-order valence-corrected chi connectivity index (χ0v) is 12.2. The number of ketones is 1. The van der Waals surface area contributed by atoms with Crippen LogP contribution >= 0.6 is 34.2 Å². The summed E-state index contributed by atoms with van der Waals surface area (Å²) in [4.78, 5) is 23.3. The molecule has 0 aliphatic carbocycles. The number of esters is 1. The zero-order valence-electron chi connectivity index (χ0n) is 9.33. The highest BCUT2D eigenvalue weighted by Gasteiger charge is 2.14. The first-order chi connectivity index (χ1) is 8.10. The molecule has 0 amide bonds. The molecule has 0 spiro atoms. The number of rotatable bonds is 5. The molecule has 0 bridgehead atoms. The predicted molar refractivity (Wildman–Crippen MR) is 74.8 cm³/mol. The Morgan fingerprint density at radius 3 is 2.71 bits per heavy atom. The number of Topliss-reactive ketones (excluding diaryl/α,β-unsaturated/α-hetero) is 1. The maximum Gasteiger partial charge on any atom is 0.339 e. The summed E-state index contributed by atoms with van der Waals surface area (Å²) in [5, 5.41) is 0. The van der Waals surface area contributed by atoms with Gasteiger partial charge in [0, 0.05) is 21.4 Å². The van der Waals surface area contributed by atoms with Crippen LogP contribution in [-0.2, 0) is 4.74 Å². The summed E-state index contributed by atoms with van der Waals surface area (Å²) in [6.45, 7) is 2.06. The quantitative estimate of drug-likeness (QED) is 0.348. The third kappa shape index (κ3) is 3.96. The minimum atomic E-state index is -0.405. The summed E-state index contributed by atoms with van der Waals surface area (Å²) in [5.74, 6) is -0.195. The van der Waals surface area contributed by atoms with Crippen LogP contribution in [0.4, 0.5) is 0 Å². The molecular formula is C12H12ClIO3. The summed E-state index contributed by atoms with van der Waals surface area (Å²) < 4.78 is 5.69. The molecule has 5 heteroatoms. The van der Waals surface area contributed by atoms with Gasteiger partial charge in [-0.3, -0.25) is 4.79 Å². The molecule has 0 N–H and O–H groups in total. The van der Waals surface area contributed by atoms with Crippen LogP contribution in [-0.4, -0.2) is 24.2 Å². The molecule has 92 valence electrons. The second-order valence-electron chi connectivity index (χ2n) is 3.28. The molecule has 17 heavy (non-hydrogen) atoms. The lowest BCUT2D eigenvalue weighted by molar-refractivity contribution is 0.0525. The topological polar surface area (TPSA) is 43.4 Å². The zero-order chi connectivity index (χ0) is 12.8. The van der Waals surface area contributed by atoms with Crippen LogP contribution in [0.15, 0.2) is 18.2 Å². The van der Waals surface area contributed by atoms with Crippen LogP contribution in [0.5, 0.6) is 0 Å². The van der Waals surface area contributed by atoms with Crippen molar-refractivity contribution in [2.45, 2.75) is 13.3 Å². The number of halogens is 2. The largest absolute Gasteiger partial charge is 0.462 e. The summed E-state index contributed by atoms with van der Waals surface area (Å²) in [6.07, 6.45) is 0.268. The van der Waals surface area contributed by atoms with Gasteiger partial charge in [-0.15, -0.1) is 11.6 Å². The first-order valence-electron chi connectivity index (χ1n) is 5.16. The van der Waals surface area contributed by atoms with E-state index in [-0.39, 0.29) is 18.1 Å². The van der Waals surface area contributed by atoms with Gasteiger partial charge >= 0.3 is 5.97 Å². The van der Waals surface area contributed by atoms with E-state index in [1.54, 1.807) is 25.1 Å². The van der Waals surface area contributed by atoms with Crippen molar-refractivity contribution in [1.29, 1.82) is 0 Å². The highest BCUT2D eigenvalue weighted by atomic mass is 127.